The van der Waals surface area contributed by atoms with Gasteiger partial charge in [0.25, 0.3) is 0 Å². The first-order valence-electron chi connectivity index (χ1n) is 5.17. The third kappa shape index (κ3) is 4.29. The summed E-state index contributed by atoms with van der Waals surface area (Å²) < 4.78 is 5.32. The molecule has 0 saturated heterocycles. The molecule has 0 bridgehead atoms. The molecule has 0 N–H and O–H groups in total. The van der Waals surface area contributed by atoms with E-state index in [2.05, 4.69) is 27.8 Å². The first-order chi connectivity index (χ1) is 6.86. The van der Waals surface area contributed by atoms with Crippen LogP contribution in [0.1, 0.15) is 25.5 Å². The van der Waals surface area contributed by atoms with Gasteiger partial charge < -0.3 is 4.42 Å². The van der Waals surface area contributed by atoms with Gasteiger partial charge in [-0.05, 0) is 38.1 Å². The average molecular weight is 260 g/mol. The number of hydrogen-bond donors (Lipinski definition) is 0. The van der Waals surface area contributed by atoms with Crippen LogP contribution < -0.4 is 0 Å². The Morgan fingerprint density at radius 2 is 2.29 bits per heavy atom. The zero-order chi connectivity index (χ0) is 10.2. The van der Waals surface area contributed by atoms with Crippen LogP contribution in [0.3, 0.4) is 0 Å². The highest BCUT2D eigenvalue weighted by Crippen LogP contribution is 2.06. The molecule has 2 nitrogen and oxygen atoms in total. The lowest BCUT2D eigenvalue weighted by Gasteiger charge is -2.18. The van der Waals surface area contributed by atoms with Gasteiger partial charge in [-0.15, -0.1) is 0 Å². The predicted molar refractivity (Wildman–Crippen MR) is 62.7 cm³/mol. The van der Waals surface area contributed by atoms with Gasteiger partial charge in [-0.3, -0.25) is 4.90 Å². The summed E-state index contributed by atoms with van der Waals surface area (Å²) in [7, 11) is 0. The van der Waals surface area contributed by atoms with Crippen LogP contribution in [0.5, 0.6) is 0 Å². The summed E-state index contributed by atoms with van der Waals surface area (Å²) >= 11 is 3.45. The lowest BCUT2D eigenvalue weighted by atomic mass is 10.3. The highest BCUT2D eigenvalue weighted by atomic mass is 79.9. The maximum absolute atomic E-state index is 5.32. The smallest absolute Gasteiger partial charge is 0.117 e. The molecule has 0 aliphatic heterocycles. The van der Waals surface area contributed by atoms with Crippen LogP contribution in [-0.4, -0.2) is 23.3 Å². The van der Waals surface area contributed by atoms with Gasteiger partial charge in [0.1, 0.15) is 5.76 Å². The fourth-order valence-electron chi connectivity index (χ4n) is 1.40. The largest absolute Gasteiger partial charge is 0.468 e. The van der Waals surface area contributed by atoms with Gasteiger partial charge in [-0.25, -0.2) is 0 Å². The number of hydrogen-bond acceptors (Lipinski definition) is 2. The molecule has 1 heterocycles. The first kappa shape index (κ1) is 11.8. The highest BCUT2D eigenvalue weighted by Gasteiger charge is 2.04. The number of nitrogens with zero attached hydrogens (tertiary/aromatic N) is 1. The number of unbranched alkanes of at least 4 members (excludes halogenated alkanes) is 1. The Kier molecular flexibility index (Phi) is 5.96. The van der Waals surface area contributed by atoms with Gasteiger partial charge in [0.15, 0.2) is 0 Å². The second-order valence-corrected chi connectivity index (χ2v) is 4.14. The molecule has 3 heteroatoms. The van der Waals surface area contributed by atoms with Crippen LogP contribution in [0.15, 0.2) is 22.8 Å². The highest BCUT2D eigenvalue weighted by molar-refractivity contribution is 9.09. The van der Waals surface area contributed by atoms with Crippen LogP contribution in [-0.2, 0) is 6.54 Å². The van der Waals surface area contributed by atoms with Crippen LogP contribution in [0.25, 0.3) is 0 Å². The molecule has 80 valence electrons. The molecule has 0 amide bonds. The van der Waals surface area contributed by atoms with E-state index in [0.29, 0.717) is 0 Å². The average Bonchev–Trinajstić information content (AvgIpc) is 2.69. The first-order valence-corrected chi connectivity index (χ1v) is 6.29. The van der Waals surface area contributed by atoms with Crippen molar-refractivity contribution in [2.24, 2.45) is 0 Å². The second-order valence-electron chi connectivity index (χ2n) is 3.34. The van der Waals surface area contributed by atoms with E-state index in [1.54, 1.807) is 6.26 Å². The fraction of sp³-hybridized carbons (Fsp3) is 0.636. The Balaban J connectivity index is 2.24. The summed E-state index contributed by atoms with van der Waals surface area (Å²) in [4.78, 5) is 2.40. The van der Waals surface area contributed by atoms with Crippen molar-refractivity contribution >= 4 is 15.9 Å². The fourth-order valence-corrected chi connectivity index (χ4v) is 1.80. The van der Waals surface area contributed by atoms with Gasteiger partial charge in [-0.1, -0.05) is 22.9 Å². The molecule has 0 aliphatic rings. The topological polar surface area (TPSA) is 16.4 Å². The monoisotopic (exact) mass is 259 g/mol. The van der Waals surface area contributed by atoms with Crippen molar-refractivity contribution in [3.63, 3.8) is 0 Å². The Morgan fingerprint density at radius 1 is 1.43 bits per heavy atom. The third-order valence-electron chi connectivity index (χ3n) is 2.26. The van der Waals surface area contributed by atoms with Crippen LogP contribution in [0.2, 0.25) is 0 Å². The van der Waals surface area contributed by atoms with E-state index in [1.807, 2.05) is 12.1 Å². The minimum Gasteiger partial charge on any atom is -0.468 e. The van der Waals surface area contributed by atoms with E-state index in [1.165, 1.54) is 12.8 Å². The van der Waals surface area contributed by atoms with Crippen LogP contribution in [0, 0.1) is 0 Å². The molecule has 0 fully saturated rings. The molecule has 0 unspecified atom stereocenters. The molecule has 1 aromatic rings. The van der Waals surface area contributed by atoms with Crippen molar-refractivity contribution in [1.82, 2.24) is 4.90 Å². The van der Waals surface area contributed by atoms with Crippen molar-refractivity contribution in [1.29, 1.82) is 0 Å². The Morgan fingerprint density at radius 3 is 2.86 bits per heavy atom. The maximum atomic E-state index is 5.32. The molecule has 0 aromatic carbocycles. The molecule has 0 aliphatic carbocycles. The molecule has 0 spiro atoms. The normalized spacial score (nSPS) is 11.1. The molecule has 1 rings (SSSR count). The minimum absolute atomic E-state index is 0.936. The molecular weight excluding hydrogens is 242 g/mol. The van der Waals surface area contributed by atoms with E-state index >= 15 is 0 Å². The Bertz CT molecular complexity index is 223. The van der Waals surface area contributed by atoms with Crippen molar-refractivity contribution in [3.05, 3.63) is 24.2 Å². The standard InChI is InChI=1S/C11H18BrNO/c1-2-13(8-4-3-7-12)10-11-6-5-9-14-11/h5-6,9H,2-4,7-8,10H2,1H3. The van der Waals surface area contributed by atoms with Gasteiger partial charge in [-0.2, -0.15) is 0 Å². The van der Waals surface area contributed by atoms with E-state index in [9.17, 15) is 0 Å². The maximum Gasteiger partial charge on any atom is 0.117 e. The summed E-state index contributed by atoms with van der Waals surface area (Å²) in [5, 5.41) is 1.10. The number of rotatable bonds is 7. The summed E-state index contributed by atoms with van der Waals surface area (Å²) in [6, 6.07) is 3.98. The lowest BCUT2D eigenvalue weighted by Crippen LogP contribution is -2.23. The zero-order valence-electron chi connectivity index (χ0n) is 8.71. The van der Waals surface area contributed by atoms with E-state index in [4.69, 9.17) is 4.42 Å². The van der Waals surface area contributed by atoms with E-state index in [-0.39, 0.29) is 0 Å². The van der Waals surface area contributed by atoms with Crippen molar-refractivity contribution in [2.75, 3.05) is 18.4 Å². The van der Waals surface area contributed by atoms with Crippen molar-refractivity contribution < 1.29 is 4.42 Å². The minimum atomic E-state index is 0.936. The van der Waals surface area contributed by atoms with Gasteiger partial charge in [0.05, 0.1) is 12.8 Å². The van der Waals surface area contributed by atoms with Crippen molar-refractivity contribution in [3.8, 4) is 0 Å². The van der Waals surface area contributed by atoms with Crippen molar-refractivity contribution in [2.45, 2.75) is 26.3 Å². The van der Waals surface area contributed by atoms with Crippen LogP contribution >= 0.6 is 15.9 Å². The summed E-state index contributed by atoms with van der Waals surface area (Å²) in [6.45, 7) is 5.37. The Hall–Kier alpha value is -0.280. The van der Waals surface area contributed by atoms with E-state index < -0.39 is 0 Å². The quantitative estimate of drug-likeness (QED) is 0.552. The van der Waals surface area contributed by atoms with Crippen LogP contribution in [0.4, 0.5) is 0 Å². The van der Waals surface area contributed by atoms with E-state index in [0.717, 1.165) is 30.7 Å². The number of furan rings is 1. The zero-order valence-corrected chi connectivity index (χ0v) is 10.3. The summed E-state index contributed by atoms with van der Waals surface area (Å²) in [6.07, 6.45) is 4.23. The molecule has 1 aromatic heterocycles. The second kappa shape index (κ2) is 7.07. The van der Waals surface area contributed by atoms with Gasteiger partial charge in [0, 0.05) is 5.33 Å². The number of halogens is 1. The third-order valence-corrected chi connectivity index (χ3v) is 2.83. The molecule has 14 heavy (non-hydrogen) atoms. The van der Waals surface area contributed by atoms with Gasteiger partial charge >= 0.3 is 0 Å². The lowest BCUT2D eigenvalue weighted by molar-refractivity contribution is 0.252. The summed E-state index contributed by atoms with van der Waals surface area (Å²) in [5.74, 6) is 1.06. The molecule has 0 radical (unpaired) electrons. The Labute approximate surface area is 94.4 Å². The van der Waals surface area contributed by atoms with Gasteiger partial charge in [0.2, 0.25) is 0 Å². The molecule has 0 saturated carbocycles. The number of alkyl halides is 1. The predicted octanol–water partition coefficient (Wildman–Crippen LogP) is 3.28. The summed E-state index contributed by atoms with van der Waals surface area (Å²) in [5.41, 5.74) is 0. The molecule has 0 atom stereocenters. The SMILES string of the molecule is CCN(CCCCBr)Cc1ccco1. The molecular formula is C11H18BrNO.